The van der Waals surface area contributed by atoms with E-state index in [4.69, 9.17) is 0 Å². The van der Waals surface area contributed by atoms with Crippen molar-refractivity contribution in [1.29, 1.82) is 0 Å². The largest absolute Gasteiger partial charge is 0.431 e. The van der Waals surface area contributed by atoms with Crippen molar-refractivity contribution in [3.05, 3.63) is 70.3 Å². The Balaban J connectivity index is 0.00000256. The molecule has 11 heteroatoms. The Hall–Kier alpha value is -3.24. The smallest absolute Gasteiger partial charge is 0.358 e. The second kappa shape index (κ2) is 7.88. The fourth-order valence-electron chi connectivity index (χ4n) is 3.21. The van der Waals surface area contributed by atoms with Crippen molar-refractivity contribution in [2.75, 3.05) is 0 Å². The van der Waals surface area contributed by atoms with Crippen molar-refractivity contribution in [3.63, 3.8) is 0 Å². The number of carbonyl (C=O) groups is 2. The summed E-state index contributed by atoms with van der Waals surface area (Å²) in [6.07, 6.45) is -2.13. The first-order valence-corrected chi connectivity index (χ1v) is 8.72. The van der Waals surface area contributed by atoms with Crippen LogP contribution in [0, 0.1) is 17.7 Å². The molecule has 2 aliphatic rings. The van der Waals surface area contributed by atoms with Crippen molar-refractivity contribution < 1.29 is 34.4 Å². The monoisotopic (exact) mass is 431 g/mol. The van der Waals surface area contributed by atoms with Gasteiger partial charge in [0.2, 0.25) is 11.8 Å². The number of nitrogens with zero attached hydrogens (tertiary/aromatic N) is 1. The Labute approximate surface area is 170 Å². The zero-order valence-electron chi connectivity index (χ0n) is 15.7. The molecule has 0 saturated carbocycles. The molecule has 0 spiro atoms. The molecule has 1 aromatic rings. The van der Waals surface area contributed by atoms with E-state index in [9.17, 15) is 31.5 Å². The first-order valence-electron chi connectivity index (χ1n) is 8.72. The van der Waals surface area contributed by atoms with Crippen LogP contribution in [0.15, 0.2) is 47.0 Å². The van der Waals surface area contributed by atoms with Gasteiger partial charge in [0.05, 0.1) is 24.4 Å². The van der Waals surface area contributed by atoms with E-state index in [1.54, 1.807) is 0 Å². The molecule has 1 radical (unpaired) electrons. The highest BCUT2D eigenvalue weighted by atomic mass is 19.4. The van der Waals surface area contributed by atoms with Gasteiger partial charge in [-0.3, -0.25) is 14.6 Å². The first kappa shape index (κ1) is 21.5. The third kappa shape index (κ3) is 4.19. The second-order valence-corrected chi connectivity index (χ2v) is 6.68. The van der Waals surface area contributed by atoms with Crippen molar-refractivity contribution >= 4 is 11.8 Å². The van der Waals surface area contributed by atoms with Crippen LogP contribution in [-0.4, -0.2) is 23.0 Å². The Morgan fingerprint density at radius 2 is 2.03 bits per heavy atom. The average Bonchev–Trinajstić information content (AvgIpc) is 2.63. The van der Waals surface area contributed by atoms with E-state index < -0.39 is 47.8 Å². The van der Waals surface area contributed by atoms with Gasteiger partial charge in [-0.15, -0.1) is 0 Å². The van der Waals surface area contributed by atoms with Gasteiger partial charge in [-0.2, -0.15) is 13.2 Å². The van der Waals surface area contributed by atoms with E-state index in [-0.39, 0.29) is 31.3 Å². The van der Waals surface area contributed by atoms with Gasteiger partial charge >= 0.3 is 6.18 Å². The van der Waals surface area contributed by atoms with Gasteiger partial charge in [0.25, 0.3) is 0 Å². The second-order valence-electron chi connectivity index (χ2n) is 6.68. The molecule has 30 heavy (non-hydrogen) atoms. The topological polar surface area (TPSA) is 83.1 Å². The fourth-order valence-corrected chi connectivity index (χ4v) is 3.21. The molecule has 0 aromatic carbocycles. The minimum atomic E-state index is -4.71. The molecule has 6 nitrogen and oxygen atoms in total. The predicted molar refractivity (Wildman–Crippen MR) is 99.0 cm³/mol. The highest BCUT2D eigenvalue weighted by Crippen LogP contribution is 2.39. The highest BCUT2D eigenvalue weighted by Gasteiger charge is 2.43. The normalized spacial score (nSPS) is 18.0. The summed E-state index contributed by atoms with van der Waals surface area (Å²) >= 11 is 0. The predicted octanol–water partition coefficient (Wildman–Crippen LogP) is 3.33. The summed E-state index contributed by atoms with van der Waals surface area (Å²) in [6.45, 7) is 2.71. The number of carbonyl (C=O) groups excluding carboxylic acids is 2. The average molecular weight is 431 g/mol. The number of halogens is 5. The number of nitrogens with one attached hydrogen (secondary N) is 3. The van der Waals surface area contributed by atoms with Crippen LogP contribution in [0.3, 0.4) is 0 Å². The Kier molecular flexibility index (Phi) is 5.64. The maximum atomic E-state index is 13.8. The number of rotatable bonds is 4. The Morgan fingerprint density at radius 3 is 2.67 bits per heavy atom. The molecular weight excluding hydrogens is 411 g/mol. The van der Waals surface area contributed by atoms with Crippen molar-refractivity contribution in [1.82, 2.24) is 20.9 Å². The number of dihydropyridines is 1. The van der Waals surface area contributed by atoms with Crippen molar-refractivity contribution in [2.24, 2.45) is 0 Å². The summed E-state index contributed by atoms with van der Waals surface area (Å²) in [4.78, 5) is 28.3. The van der Waals surface area contributed by atoms with E-state index in [1.165, 1.54) is 19.9 Å². The third-order valence-electron chi connectivity index (χ3n) is 4.59. The quantitative estimate of drug-likeness (QED) is 0.639. The van der Waals surface area contributed by atoms with Crippen LogP contribution in [0.1, 0.15) is 34.9 Å². The summed E-state index contributed by atoms with van der Waals surface area (Å²) in [7, 11) is 0. The summed E-state index contributed by atoms with van der Waals surface area (Å²) in [5, 5.41) is 6.88. The lowest BCUT2D eigenvalue weighted by Crippen LogP contribution is -2.42. The van der Waals surface area contributed by atoms with Gasteiger partial charge in [0, 0.05) is 20.1 Å². The molecule has 0 bridgehead atoms. The molecule has 163 valence electrons. The zero-order valence-corrected chi connectivity index (χ0v) is 15.7. The van der Waals surface area contributed by atoms with Gasteiger partial charge in [-0.1, -0.05) is 0 Å². The lowest BCUT2D eigenvalue weighted by Gasteiger charge is -2.32. The molecular formula is C19H20F5N4O2. The lowest BCUT2D eigenvalue weighted by molar-refractivity contribution is -0.123. The summed E-state index contributed by atoms with van der Waals surface area (Å²) in [5.41, 5.74) is -1.70. The molecule has 3 rings (SSSR count). The van der Waals surface area contributed by atoms with E-state index in [2.05, 4.69) is 20.9 Å². The lowest BCUT2D eigenvalue weighted by atomic mass is 9.86. The molecule has 0 saturated heterocycles. The van der Waals surface area contributed by atoms with Crippen LogP contribution >= 0.6 is 0 Å². The summed E-state index contributed by atoms with van der Waals surface area (Å²) < 4.78 is 66.8. The number of allylic oxidation sites excluding steroid dienone is 1. The van der Waals surface area contributed by atoms with Gasteiger partial charge in [-0.05, 0) is 31.7 Å². The van der Waals surface area contributed by atoms with E-state index in [1.807, 2.05) is 0 Å². The molecule has 0 unspecified atom stereocenters. The number of amides is 2. The van der Waals surface area contributed by atoms with Gasteiger partial charge in [0.15, 0.2) is 0 Å². The fraction of sp³-hybridized carbons (Fsp3) is 0.263. The number of pyridine rings is 1. The summed E-state index contributed by atoms with van der Waals surface area (Å²) in [5.74, 6) is -3.30. The third-order valence-corrected chi connectivity index (χ3v) is 4.59. The molecule has 3 heterocycles. The molecule has 0 fully saturated rings. The van der Waals surface area contributed by atoms with E-state index in [0.717, 1.165) is 12.4 Å². The minimum absolute atomic E-state index is 0. The van der Waals surface area contributed by atoms with Crippen molar-refractivity contribution in [2.45, 2.75) is 32.5 Å². The molecule has 2 aliphatic heterocycles. The highest BCUT2D eigenvalue weighted by molar-refractivity contribution is 6.03. The van der Waals surface area contributed by atoms with Crippen LogP contribution in [0.4, 0.5) is 22.0 Å². The SMILES string of the molecule is CC1=C(CC(=O)N[C@@H](C)c2ncc(F)cc2F)C(=O)N[C]2C=CNC(C(F)(F)F)=C21.[HH].[HH]. The van der Waals surface area contributed by atoms with Gasteiger partial charge < -0.3 is 16.0 Å². The van der Waals surface area contributed by atoms with Crippen LogP contribution in [0.25, 0.3) is 0 Å². The molecule has 1 atom stereocenters. The molecule has 2 amide bonds. The van der Waals surface area contributed by atoms with Gasteiger partial charge in [-0.25, -0.2) is 8.78 Å². The molecule has 1 aromatic heterocycles. The molecule has 3 N–H and O–H groups in total. The van der Waals surface area contributed by atoms with Crippen LogP contribution < -0.4 is 16.0 Å². The van der Waals surface area contributed by atoms with E-state index >= 15 is 0 Å². The maximum Gasteiger partial charge on any atom is 0.431 e. The molecule has 0 aliphatic carbocycles. The first-order chi connectivity index (χ1) is 14.0. The number of alkyl halides is 3. The van der Waals surface area contributed by atoms with Gasteiger partial charge in [0.1, 0.15) is 23.4 Å². The maximum absolute atomic E-state index is 13.8. The summed E-state index contributed by atoms with van der Waals surface area (Å²) in [6, 6.07) is -0.381. The van der Waals surface area contributed by atoms with Crippen LogP contribution in [-0.2, 0) is 9.59 Å². The standard InChI is InChI=1S/C19H16F5N4O2.2H2/c1-8-11(6-14(29)27-9(2)16-12(21)5-10(20)7-26-16)18(30)28-13-3-4-25-17(15(8)13)19(22,23)24;;/h3-5,7,9,25H,6H2,1-2H3,(H,27,29)(H,28,30);2*1H/t9-;;/m0../s1. The number of hydrogen-bond donors (Lipinski definition) is 3. The zero-order chi connectivity index (χ0) is 22.2. The number of hydrogen-bond acceptors (Lipinski definition) is 4. The van der Waals surface area contributed by atoms with E-state index in [0.29, 0.717) is 6.07 Å². The Morgan fingerprint density at radius 1 is 1.33 bits per heavy atom. The number of fused-ring (bicyclic) bond motifs is 1. The Bertz CT molecular complexity index is 1010. The van der Waals surface area contributed by atoms with Crippen LogP contribution in [0.2, 0.25) is 0 Å². The number of aromatic nitrogens is 1. The minimum Gasteiger partial charge on any atom is -0.358 e. The van der Waals surface area contributed by atoms with Crippen LogP contribution in [0.5, 0.6) is 0 Å². The van der Waals surface area contributed by atoms with Crippen molar-refractivity contribution in [3.8, 4) is 0 Å².